The van der Waals surface area contributed by atoms with Crippen molar-refractivity contribution in [1.82, 2.24) is 19.4 Å². The Kier molecular flexibility index (Phi) is 4.50. The number of para-hydroxylation sites is 1. The van der Waals surface area contributed by atoms with Crippen LogP contribution < -0.4 is 5.73 Å². The van der Waals surface area contributed by atoms with Gasteiger partial charge in [-0.15, -0.1) is 11.3 Å². The van der Waals surface area contributed by atoms with Crippen LogP contribution in [0.5, 0.6) is 0 Å². The number of aromatic nitrogens is 3. The zero-order valence-electron chi connectivity index (χ0n) is 14.0. The van der Waals surface area contributed by atoms with Crippen LogP contribution in [0.3, 0.4) is 0 Å². The third-order valence-electron chi connectivity index (χ3n) is 4.64. The Morgan fingerprint density at radius 1 is 1.36 bits per heavy atom. The third-order valence-corrected chi connectivity index (χ3v) is 5.66. The van der Waals surface area contributed by atoms with E-state index in [1.54, 1.807) is 17.5 Å². The van der Waals surface area contributed by atoms with Crippen molar-refractivity contribution in [2.24, 2.45) is 5.73 Å². The summed E-state index contributed by atoms with van der Waals surface area (Å²) in [5.74, 6) is 0.965. The Morgan fingerprint density at radius 3 is 3.08 bits per heavy atom. The minimum absolute atomic E-state index is 0.198. The second-order valence-corrected chi connectivity index (χ2v) is 7.64. The van der Waals surface area contributed by atoms with Crippen LogP contribution in [0.15, 0.2) is 36.7 Å². The minimum atomic E-state index is -0.332. The number of thiazole rings is 1. The predicted octanol–water partition coefficient (Wildman–Crippen LogP) is 2.36. The molecule has 1 aliphatic heterocycles. The lowest BCUT2D eigenvalue weighted by atomic mass is 9.97. The molecule has 1 fully saturated rings. The highest BCUT2D eigenvalue weighted by molar-refractivity contribution is 7.18. The summed E-state index contributed by atoms with van der Waals surface area (Å²) >= 11 is 1.77. The summed E-state index contributed by atoms with van der Waals surface area (Å²) < 4.78 is 3.12. The number of carbonyl (C=O) groups is 1. The Hall–Kier alpha value is -2.25. The molecule has 1 aromatic carbocycles. The highest BCUT2D eigenvalue weighted by Gasteiger charge is 2.25. The van der Waals surface area contributed by atoms with E-state index in [1.807, 2.05) is 16.8 Å². The van der Waals surface area contributed by atoms with Crippen molar-refractivity contribution in [2.75, 3.05) is 13.1 Å². The summed E-state index contributed by atoms with van der Waals surface area (Å²) in [5.41, 5.74) is 6.42. The average Bonchev–Trinajstić information content (AvgIpc) is 3.20. The first-order valence-corrected chi connectivity index (χ1v) is 9.37. The first-order chi connectivity index (χ1) is 12.2. The molecule has 0 unspecified atom stereocenters. The average molecular weight is 355 g/mol. The van der Waals surface area contributed by atoms with Gasteiger partial charge in [-0.3, -0.25) is 9.69 Å². The number of primary amides is 1. The van der Waals surface area contributed by atoms with E-state index in [-0.39, 0.29) is 12.5 Å². The molecule has 0 spiro atoms. The van der Waals surface area contributed by atoms with Gasteiger partial charge in [0.2, 0.25) is 5.91 Å². The number of benzene rings is 1. The largest absolute Gasteiger partial charge is 0.368 e. The summed E-state index contributed by atoms with van der Waals surface area (Å²) in [5, 5.41) is 1.15. The first kappa shape index (κ1) is 16.2. The lowest BCUT2D eigenvalue weighted by Crippen LogP contribution is -2.35. The van der Waals surface area contributed by atoms with Gasteiger partial charge in [-0.05, 0) is 31.5 Å². The monoisotopic (exact) mass is 355 g/mol. The van der Waals surface area contributed by atoms with E-state index in [4.69, 9.17) is 10.7 Å². The Morgan fingerprint density at radius 2 is 2.24 bits per heavy atom. The highest BCUT2D eigenvalue weighted by atomic mass is 32.1. The van der Waals surface area contributed by atoms with Gasteiger partial charge < -0.3 is 10.3 Å². The number of piperidine rings is 1. The smallest absolute Gasteiger partial charge is 0.237 e. The van der Waals surface area contributed by atoms with Crippen LogP contribution in [0.2, 0.25) is 0 Å². The maximum Gasteiger partial charge on any atom is 0.237 e. The van der Waals surface area contributed by atoms with Crippen molar-refractivity contribution >= 4 is 27.5 Å². The molecule has 0 radical (unpaired) electrons. The van der Waals surface area contributed by atoms with E-state index in [0.717, 1.165) is 48.8 Å². The van der Waals surface area contributed by atoms with E-state index in [9.17, 15) is 4.79 Å². The van der Waals surface area contributed by atoms with Gasteiger partial charge in [0, 0.05) is 24.9 Å². The molecule has 2 N–H and O–H groups in total. The number of fused-ring (bicyclic) bond motifs is 1. The second kappa shape index (κ2) is 6.93. The maximum absolute atomic E-state index is 11.2. The molecular weight excluding hydrogens is 334 g/mol. The standard InChI is InChI=1S/C18H21N5OS/c19-16(24)11-23-9-7-20-18(23)13-4-3-8-22(10-13)12-17-21-14-5-1-2-6-15(14)25-17/h1-2,5-7,9,13H,3-4,8,10-12H2,(H2,19,24)/t13-/m1/s1. The van der Waals surface area contributed by atoms with Gasteiger partial charge >= 0.3 is 0 Å². The SMILES string of the molecule is NC(=O)Cn1ccnc1[C@@H]1CCCN(Cc2nc3ccccc3s2)C1. The molecule has 3 heterocycles. The normalized spacial score (nSPS) is 18.6. The fourth-order valence-corrected chi connectivity index (χ4v) is 4.58. The van der Waals surface area contributed by atoms with E-state index in [0.29, 0.717) is 5.92 Å². The van der Waals surface area contributed by atoms with Crippen LogP contribution in [-0.2, 0) is 17.9 Å². The van der Waals surface area contributed by atoms with Crippen molar-refractivity contribution in [2.45, 2.75) is 31.8 Å². The number of hydrogen-bond acceptors (Lipinski definition) is 5. The summed E-state index contributed by atoms with van der Waals surface area (Å²) in [6.45, 7) is 3.07. The van der Waals surface area contributed by atoms with Crippen LogP contribution in [0.4, 0.5) is 0 Å². The molecule has 1 saturated heterocycles. The highest BCUT2D eigenvalue weighted by Crippen LogP contribution is 2.28. The molecule has 0 bridgehead atoms. The number of hydrogen-bond donors (Lipinski definition) is 1. The van der Waals surface area contributed by atoms with Crippen LogP contribution in [0, 0.1) is 0 Å². The van der Waals surface area contributed by atoms with Crippen LogP contribution >= 0.6 is 11.3 Å². The van der Waals surface area contributed by atoms with Gasteiger partial charge in [-0.1, -0.05) is 12.1 Å². The third kappa shape index (κ3) is 3.57. The molecule has 130 valence electrons. The van der Waals surface area contributed by atoms with Gasteiger partial charge in [-0.2, -0.15) is 0 Å². The molecule has 4 rings (SSSR count). The Balaban J connectivity index is 1.47. The number of imidazole rings is 1. The second-order valence-electron chi connectivity index (χ2n) is 6.53. The molecule has 3 aromatic rings. The van der Waals surface area contributed by atoms with Crippen LogP contribution in [0.1, 0.15) is 29.6 Å². The zero-order valence-corrected chi connectivity index (χ0v) is 14.8. The van der Waals surface area contributed by atoms with Crippen molar-refractivity contribution < 1.29 is 4.79 Å². The molecule has 7 heteroatoms. The first-order valence-electron chi connectivity index (χ1n) is 8.55. The Bertz CT molecular complexity index is 853. The molecule has 0 aliphatic carbocycles. The van der Waals surface area contributed by atoms with Gasteiger partial charge in [0.25, 0.3) is 0 Å². The molecule has 1 atom stereocenters. The van der Waals surface area contributed by atoms with Crippen molar-refractivity contribution in [1.29, 1.82) is 0 Å². The number of nitrogens with two attached hydrogens (primary N) is 1. The van der Waals surface area contributed by atoms with Gasteiger partial charge in [0.05, 0.1) is 16.8 Å². The molecular formula is C18H21N5OS. The minimum Gasteiger partial charge on any atom is -0.368 e. The summed E-state index contributed by atoms with van der Waals surface area (Å²) in [4.78, 5) is 22.9. The zero-order chi connectivity index (χ0) is 17.2. The van der Waals surface area contributed by atoms with E-state index in [1.165, 1.54) is 4.70 Å². The molecule has 2 aromatic heterocycles. The lowest BCUT2D eigenvalue weighted by Gasteiger charge is -2.32. The van der Waals surface area contributed by atoms with Gasteiger partial charge in [0.15, 0.2) is 0 Å². The molecule has 6 nitrogen and oxygen atoms in total. The number of carbonyl (C=O) groups excluding carboxylic acids is 1. The molecule has 1 amide bonds. The number of rotatable bonds is 5. The van der Waals surface area contributed by atoms with Gasteiger partial charge in [-0.25, -0.2) is 9.97 Å². The molecule has 25 heavy (non-hydrogen) atoms. The van der Waals surface area contributed by atoms with E-state index >= 15 is 0 Å². The van der Waals surface area contributed by atoms with E-state index < -0.39 is 0 Å². The van der Waals surface area contributed by atoms with Crippen LogP contribution in [0.25, 0.3) is 10.2 Å². The summed E-state index contributed by atoms with van der Waals surface area (Å²) in [6, 6.07) is 8.27. The molecule has 0 saturated carbocycles. The summed E-state index contributed by atoms with van der Waals surface area (Å²) in [6.07, 6.45) is 5.81. The predicted molar refractivity (Wildman–Crippen MR) is 98.3 cm³/mol. The summed E-state index contributed by atoms with van der Waals surface area (Å²) in [7, 11) is 0. The number of amides is 1. The lowest BCUT2D eigenvalue weighted by molar-refractivity contribution is -0.118. The van der Waals surface area contributed by atoms with E-state index in [2.05, 4.69) is 28.1 Å². The quantitative estimate of drug-likeness (QED) is 0.762. The van der Waals surface area contributed by atoms with Crippen LogP contribution in [-0.4, -0.2) is 38.4 Å². The fraction of sp³-hybridized carbons (Fsp3) is 0.389. The maximum atomic E-state index is 11.2. The fourth-order valence-electron chi connectivity index (χ4n) is 3.57. The van der Waals surface area contributed by atoms with Gasteiger partial charge in [0.1, 0.15) is 17.4 Å². The van der Waals surface area contributed by atoms with Crippen molar-refractivity contribution in [3.63, 3.8) is 0 Å². The number of nitrogens with zero attached hydrogens (tertiary/aromatic N) is 4. The molecule has 1 aliphatic rings. The van der Waals surface area contributed by atoms with Crippen molar-refractivity contribution in [3.8, 4) is 0 Å². The number of likely N-dealkylation sites (tertiary alicyclic amines) is 1. The van der Waals surface area contributed by atoms with Crippen molar-refractivity contribution in [3.05, 3.63) is 47.5 Å². The Labute approximate surface area is 150 Å². The topological polar surface area (TPSA) is 77.0 Å².